The Morgan fingerprint density at radius 1 is 1.12 bits per heavy atom. The fraction of sp³-hybridized carbons (Fsp3) is 0.300. The van der Waals surface area contributed by atoms with Crippen molar-refractivity contribution < 1.29 is 36.4 Å². The van der Waals surface area contributed by atoms with E-state index >= 15 is 0 Å². The molecule has 0 saturated carbocycles. The van der Waals surface area contributed by atoms with Gasteiger partial charge in [-0.05, 0) is 37.3 Å². The molecule has 2 aromatic carbocycles. The minimum Gasteiger partial charge on any atom is -0.449 e. The molecule has 1 N–H and O–H groups in total. The van der Waals surface area contributed by atoms with Crippen LogP contribution < -0.4 is 5.32 Å². The number of hydrogen-bond donors (Lipinski definition) is 1. The van der Waals surface area contributed by atoms with E-state index in [4.69, 9.17) is 4.74 Å². The van der Waals surface area contributed by atoms with Crippen LogP contribution >= 0.6 is 0 Å². The van der Waals surface area contributed by atoms with Gasteiger partial charge < -0.3 is 10.1 Å². The maximum absolute atomic E-state index is 14.2. The van der Waals surface area contributed by atoms with Gasteiger partial charge in [-0.15, -0.1) is 0 Å². The average molecular weight is 485 g/mol. The third-order valence-corrected chi connectivity index (χ3v) is 6.62. The molecule has 0 spiro atoms. The quantitative estimate of drug-likeness (QED) is 0.327. The molecule has 2 aromatic rings. The average Bonchev–Trinajstić information content (AvgIpc) is 2.75. The first-order valence-electron chi connectivity index (χ1n) is 9.67. The molecule has 0 aliphatic rings. The van der Waals surface area contributed by atoms with E-state index in [2.05, 4.69) is 5.32 Å². The number of nitrogens with one attached hydrogen (secondary N) is 1. The fourth-order valence-electron chi connectivity index (χ4n) is 2.79. The largest absolute Gasteiger partial charge is 0.449 e. The van der Waals surface area contributed by atoms with E-state index in [0.717, 1.165) is 40.7 Å². The van der Waals surface area contributed by atoms with Gasteiger partial charge in [-0.2, -0.15) is 8.70 Å². The monoisotopic (exact) mass is 485 g/mol. The van der Waals surface area contributed by atoms with Crippen molar-refractivity contribution in [2.75, 3.05) is 18.4 Å². The van der Waals surface area contributed by atoms with Gasteiger partial charge in [0.25, 0.3) is 5.91 Å². The maximum Gasteiger partial charge on any atom is 0.338 e. The number of carbonyl (C=O) groups is 2. The Labute approximate surface area is 188 Å². The molecule has 1 amide bonds. The number of esters is 1. The summed E-state index contributed by atoms with van der Waals surface area (Å²) in [7, 11) is -4.20. The summed E-state index contributed by atoms with van der Waals surface area (Å²) in [6.45, 7) is 4.53. The lowest BCUT2D eigenvalue weighted by Crippen LogP contribution is -2.32. The number of carbonyl (C=O) groups excluding carboxylic acids is 2. The Morgan fingerprint density at radius 3 is 2.30 bits per heavy atom. The highest BCUT2D eigenvalue weighted by atomic mass is 32.2. The Bertz CT molecular complexity index is 1180. The molecule has 10 nitrogen and oxygen atoms in total. The summed E-state index contributed by atoms with van der Waals surface area (Å²) in [5.41, 5.74) is -1.27. The molecule has 2 rings (SSSR count). The van der Waals surface area contributed by atoms with Crippen LogP contribution in [0, 0.1) is 21.7 Å². The van der Waals surface area contributed by atoms with Crippen LogP contribution in [0.2, 0.25) is 0 Å². The summed E-state index contributed by atoms with van der Waals surface area (Å²) in [4.78, 5) is 33.8. The zero-order valence-electron chi connectivity index (χ0n) is 17.9. The van der Waals surface area contributed by atoms with Crippen LogP contribution in [0.25, 0.3) is 0 Å². The van der Waals surface area contributed by atoms with Crippen molar-refractivity contribution >= 4 is 33.3 Å². The number of nitro benzene ring substituents is 1. The minimum atomic E-state index is -4.20. The molecular weight excluding hydrogens is 464 g/mol. The van der Waals surface area contributed by atoms with Crippen molar-refractivity contribution in [1.29, 1.82) is 0 Å². The van der Waals surface area contributed by atoms with E-state index < -0.39 is 55.1 Å². The molecule has 0 fully saturated rings. The number of benzene rings is 2. The second-order valence-electron chi connectivity index (χ2n) is 6.69. The zero-order chi connectivity index (χ0) is 24.9. The standard InChI is InChI=1S/C20H21F2N3O7S/c1-4-24(5-2)33(30,31)18-10-13(6-8-16(18)22)20(27)32-12(3)19(26)23-14-7-9-15(21)17(11-14)25(28)29/h6-12H,4-5H2,1-3H3,(H,23,26). The maximum atomic E-state index is 14.2. The molecule has 0 saturated heterocycles. The molecule has 0 radical (unpaired) electrons. The Balaban J connectivity index is 2.19. The number of nitro groups is 1. The number of sulfonamides is 1. The van der Waals surface area contributed by atoms with Gasteiger partial charge in [0.2, 0.25) is 15.8 Å². The molecular formula is C20H21F2N3O7S. The van der Waals surface area contributed by atoms with E-state index in [9.17, 15) is 36.9 Å². The van der Waals surface area contributed by atoms with Gasteiger partial charge in [-0.1, -0.05) is 13.8 Å². The van der Waals surface area contributed by atoms with E-state index in [-0.39, 0.29) is 24.3 Å². The molecule has 1 atom stereocenters. The number of rotatable bonds is 9. The summed E-state index contributed by atoms with van der Waals surface area (Å²) in [5, 5.41) is 13.1. The van der Waals surface area contributed by atoms with Crippen LogP contribution in [0.5, 0.6) is 0 Å². The summed E-state index contributed by atoms with van der Waals surface area (Å²) >= 11 is 0. The summed E-state index contributed by atoms with van der Waals surface area (Å²) in [6.07, 6.45) is -1.42. The van der Waals surface area contributed by atoms with Crippen molar-refractivity contribution in [1.82, 2.24) is 4.31 Å². The van der Waals surface area contributed by atoms with Crippen LogP contribution in [0.3, 0.4) is 0 Å². The Hall–Kier alpha value is -3.45. The lowest BCUT2D eigenvalue weighted by molar-refractivity contribution is -0.387. The number of nitrogens with zero attached hydrogens (tertiary/aromatic N) is 2. The minimum absolute atomic E-state index is 0.0890. The number of amides is 1. The van der Waals surface area contributed by atoms with Crippen LogP contribution in [0.1, 0.15) is 31.1 Å². The summed E-state index contributed by atoms with van der Waals surface area (Å²) in [5.74, 6) is -4.13. The smallest absolute Gasteiger partial charge is 0.338 e. The van der Waals surface area contributed by atoms with Gasteiger partial charge >= 0.3 is 11.7 Å². The number of hydrogen-bond acceptors (Lipinski definition) is 7. The predicted molar refractivity (Wildman–Crippen MR) is 113 cm³/mol. The van der Waals surface area contributed by atoms with Crippen LogP contribution in [0.15, 0.2) is 41.3 Å². The highest BCUT2D eigenvalue weighted by Crippen LogP contribution is 2.23. The molecule has 1 unspecified atom stereocenters. The van der Waals surface area contributed by atoms with Gasteiger partial charge in [0.1, 0.15) is 10.7 Å². The van der Waals surface area contributed by atoms with Crippen LogP contribution in [-0.2, 0) is 19.6 Å². The molecule has 0 aliphatic carbocycles. The highest BCUT2D eigenvalue weighted by Gasteiger charge is 2.28. The van der Waals surface area contributed by atoms with Crippen molar-refractivity contribution in [3.8, 4) is 0 Å². The molecule has 0 heterocycles. The number of anilines is 1. The first kappa shape index (κ1) is 25.8. The topological polar surface area (TPSA) is 136 Å². The molecule has 0 aliphatic heterocycles. The number of halogens is 2. The lowest BCUT2D eigenvalue weighted by atomic mass is 10.2. The second-order valence-corrected chi connectivity index (χ2v) is 8.60. The van der Waals surface area contributed by atoms with Crippen LogP contribution in [-0.4, -0.2) is 48.7 Å². The van der Waals surface area contributed by atoms with Gasteiger partial charge in [0.15, 0.2) is 6.10 Å². The van der Waals surface area contributed by atoms with Gasteiger partial charge in [-0.3, -0.25) is 14.9 Å². The first-order valence-corrected chi connectivity index (χ1v) is 11.1. The molecule has 178 valence electrons. The van der Waals surface area contributed by atoms with E-state index in [1.165, 1.54) is 6.92 Å². The Kier molecular flexibility index (Phi) is 8.17. The lowest BCUT2D eigenvalue weighted by Gasteiger charge is -2.19. The summed E-state index contributed by atoms with van der Waals surface area (Å²) in [6, 6.07) is 5.30. The molecule has 13 heteroatoms. The normalized spacial score (nSPS) is 12.3. The van der Waals surface area contributed by atoms with Gasteiger partial charge in [0, 0.05) is 24.8 Å². The van der Waals surface area contributed by atoms with E-state index in [1.807, 2.05) is 0 Å². The van der Waals surface area contributed by atoms with Gasteiger partial charge in [-0.25, -0.2) is 17.6 Å². The molecule has 33 heavy (non-hydrogen) atoms. The number of ether oxygens (including phenoxy) is 1. The highest BCUT2D eigenvalue weighted by molar-refractivity contribution is 7.89. The molecule has 0 aromatic heterocycles. The van der Waals surface area contributed by atoms with Crippen molar-refractivity contribution in [2.45, 2.75) is 31.8 Å². The predicted octanol–water partition coefficient (Wildman–Crippen LogP) is 3.09. The third kappa shape index (κ3) is 5.87. The van der Waals surface area contributed by atoms with Crippen molar-refractivity contribution in [2.24, 2.45) is 0 Å². The fourth-order valence-corrected chi connectivity index (χ4v) is 4.34. The molecule has 0 bridgehead atoms. The second kappa shape index (κ2) is 10.4. The summed E-state index contributed by atoms with van der Waals surface area (Å²) < 4.78 is 58.9. The first-order chi connectivity index (χ1) is 15.4. The SMILES string of the molecule is CCN(CC)S(=O)(=O)c1cc(C(=O)OC(C)C(=O)Nc2ccc(F)c([N+](=O)[O-])c2)ccc1F. The third-order valence-electron chi connectivity index (χ3n) is 4.55. The zero-order valence-corrected chi connectivity index (χ0v) is 18.7. The van der Waals surface area contributed by atoms with Crippen molar-refractivity contribution in [3.05, 3.63) is 63.7 Å². The Morgan fingerprint density at radius 2 is 1.73 bits per heavy atom. The van der Waals surface area contributed by atoms with E-state index in [0.29, 0.717) is 0 Å². The van der Waals surface area contributed by atoms with Crippen molar-refractivity contribution in [3.63, 3.8) is 0 Å². The van der Waals surface area contributed by atoms with Gasteiger partial charge in [0.05, 0.1) is 10.5 Å². The van der Waals surface area contributed by atoms with Crippen LogP contribution in [0.4, 0.5) is 20.2 Å². The van der Waals surface area contributed by atoms with E-state index in [1.54, 1.807) is 13.8 Å².